The van der Waals surface area contributed by atoms with Crippen LogP contribution in [0.15, 0.2) is 0 Å². The Balaban J connectivity index is 0. The maximum absolute atomic E-state index is 10.3. The average Bonchev–Trinajstić information content (AvgIpc) is 2.02. The van der Waals surface area contributed by atoms with Gasteiger partial charge in [0, 0.05) is 24.8 Å². The van der Waals surface area contributed by atoms with Crippen LogP contribution in [0.2, 0.25) is 0 Å². The van der Waals surface area contributed by atoms with E-state index in [0.717, 1.165) is 18.0 Å². The molecule has 0 atom stereocenters. The molecule has 0 unspecified atom stereocenters. The minimum atomic E-state index is -2.85. The molecule has 0 saturated heterocycles. The fourth-order valence-corrected chi connectivity index (χ4v) is 1.29. The summed E-state index contributed by atoms with van der Waals surface area (Å²) in [6, 6.07) is 0. The molecule has 0 radical (unpaired) electrons. The van der Waals surface area contributed by atoms with Gasteiger partial charge in [-0.1, -0.05) is 15.9 Å². The fraction of sp³-hybridized carbons (Fsp3) is 1.00. The van der Waals surface area contributed by atoms with Gasteiger partial charge >= 0.3 is 0 Å². The summed E-state index contributed by atoms with van der Waals surface area (Å²) in [5, 5.41) is 17.1. The predicted octanol–water partition coefficient (Wildman–Crippen LogP) is 0.177. The number of hydrogen-bond donors (Lipinski definition) is 2. The topological polar surface area (TPSA) is 74.6 Å². The van der Waals surface area contributed by atoms with Crippen LogP contribution in [0.1, 0.15) is 12.8 Å². The van der Waals surface area contributed by atoms with Crippen LogP contribution in [-0.2, 0) is 9.84 Å². The van der Waals surface area contributed by atoms with Crippen molar-refractivity contribution in [2.45, 2.75) is 12.8 Å². The Morgan fingerprint density at radius 1 is 1.15 bits per heavy atom. The number of aliphatic hydroxyl groups is 2. The van der Waals surface area contributed by atoms with Crippen molar-refractivity contribution in [2.24, 2.45) is 0 Å². The smallest absolute Gasteiger partial charge is 0.147 e. The van der Waals surface area contributed by atoms with Crippen LogP contribution in [0.4, 0.5) is 0 Å². The monoisotopic (exact) mass is 276 g/mol. The minimum absolute atomic E-state index is 0.0485. The zero-order valence-corrected chi connectivity index (χ0v) is 10.1. The summed E-state index contributed by atoms with van der Waals surface area (Å²) in [6.07, 6.45) is 2.36. The average molecular weight is 277 g/mol. The summed E-state index contributed by atoms with van der Waals surface area (Å²) in [4.78, 5) is 0. The number of halogens is 1. The van der Waals surface area contributed by atoms with Crippen molar-refractivity contribution in [1.82, 2.24) is 0 Å². The Hall–Kier alpha value is 0.350. The highest BCUT2D eigenvalue weighted by molar-refractivity contribution is 9.09. The molecule has 0 aromatic carbocycles. The fourth-order valence-electron chi connectivity index (χ4n) is 0.386. The molecule has 0 heterocycles. The van der Waals surface area contributed by atoms with E-state index >= 15 is 0 Å². The summed E-state index contributed by atoms with van der Waals surface area (Å²) in [5.41, 5.74) is 0. The lowest BCUT2D eigenvalue weighted by atomic mass is 10.5. The Morgan fingerprint density at radius 2 is 1.62 bits per heavy atom. The van der Waals surface area contributed by atoms with E-state index in [1.54, 1.807) is 0 Å². The van der Waals surface area contributed by atoms with Gasteiger partial charge in [0.1, 0.15) is 9.84 Å². The van der Waals surface area contributed by atoms with Gasteiger partial charge in [-0.3, -0.25) is 0 Å². The standard InChI is InChI=1S/C4H10O3S.C3H7BrO/c1-8(6,7)4-2-3-5;4-2-1-3-5/h5H,2-4H2,1H3;5H,1-3H2. The highest BCUT2D eigenvalue weighted by Crippen LogP contribution is 1.85. The number of sulfone groups is 1. The summed E-state index contributed by atoms with van der Waals surface area (Å²) in [7, 11) is -2.85. The van der Waals surface area contributed by atoms with E-state index in [1.165, 1.54) is 0 Å². The first kappa shape index (κ1) is 15.8. The van der Waals surface area contributed by atoms with E-state index < -0.39 is 9.84 Å². The Labute approximate surface area is 88.0 Å². The van der Waals surface area contributed by atoms with Crippen molar-refractivity contribution >= 4 is 25.8 Å². The molecule has 4 nitrogen and oxygen atoms in total. The zero-order valence-electron chi connectivity index (χ0n) is 7.74. The molecule has 0 fully saturated rings. The SMILES string of the molecule is CS(=O)(=O)CCCO.OCCCBr. The predicted molar refractivity (Wildman–Crippen MR) is 56.9 cm³/mol. The van der Waals surface area contributed by atoms with Crippen LogP contribution in [0.3, 0.4) is 0 Å². The molecule has 0 aromatic rings. The second kappa shape index (κ2) is 10.4. The molecule has 0 spiro atoms. The van der Waals surface area contributed by atoms with Gasteiger partial charge in [0.25, 0.3) is 0 Å². The van der Waals surface area contributed by atoms with Crippen molar-refractivity contribution in [3.8, 4) is 0 Å². The molecule has 0 rings (SSSR count). The van der Waals surface area contributed by atoms with Gasteiger partial charge in [-0.25, -0.2) is 8.42 Å². The van der Waals surface area contributed by atoms with Crippen LogP contribution in [0.5, 0.6) is 0 Å². The molecule has 0 saturated carbocycles. The normalized spacial score (nSPS) is 10.5. The lowest BCUT2D eigenvalue weighted by Crippen LogP contribution is -2.03. The highest BCUT2D eigenvalue weighted by Gasteiger charge is 1.98. The van der Waals surface area contributed by atoms with Gasteiger partial charge in [0.2, 0.25) is 0 Å². The van der Waals surface area contributed by atoms with Crippen molar-refractivity contribution in [3.05, 3.63) is 0 Å². The summed E-state index contributed by atoms with van der Waals surface area (Å²) in [6.45, 7) is 0.248. The first-order valence-corrected chi connectivity index (χ1v) is 7.11. The van der Waals surface area contributed by atoms with Crippen LogP contribution in [0, 0.1) is 0 Å². The van der Waals surface area contributed by atoms with E-state index in [-0.39, 0.29) is 12.4 Å². The Bertz CT molecular complexity index is 177. The molecule has 6 heteroatoms. The zero-order chi connectivity index (χ0) is 10.7. The van der Waals surface area contributed by atoms with Crippen molar-refractivity contribution < 1.29 is 18.6 Å². The van der Waals surface area contributed by atoms with Crippen molar-refractivity contribution in [1.29, 1.82) is 0 Å². The van der Waals surface area contributed by atoms with E-state index in [2.05, 4.69) is 15.9 Å². The van der Waals surface area contributed by atoms with Gasteiger partial charge < -0.3 is 10.2 Å². The molecule has 82 valence electrons. The second-order valence-corrected chi connectivity index (χ2v) is 5.53. The van der Waals surface area contributed by atoms with Crippen molar-refractivity contribution in [3.63, 3.8) is 0 Å². The molecule has 13 heavy (non-hydrogen) atoms. The third-order valence-corrected chi connectivity index (χ3v) is 2.56. The first-order chi connectivity index (χ1) is 5.97. The number of aliphatic hydroxyl groups excluding tert-OH is 2. The third kappa shape index (κ3) is 24.5. The number of rotatable bonds is 5. The molecule has 0 aliphatic carbocycles. The van der Waals surface area contributed by atoms with Crippen LogP contribution in [-0.4, -0.2) is 49.2 Å². The highest BCUT2D eigenvalue weighted by atomic mass is 79.9. The van der Waals surface area contributed by atoms with Gasteiger partial charge in [-0.05, 0) is 12.8 Å². The molecule has 2 N–H and O–H groups in total. The van der Waals surface area contributed by atoms with Crippen LogP contribution >= 0.6 is 15.9 Å². The summed E-state index contributed by atoms with van der Waals surface area (Å²) >= 11 is 3.15. The summed E-state index contributed by atoms with van der Waals surface area (Å²) in [5.74, 6) is 0.0868. The number of alkyl halides is 1. The lowest BCUT2D eigenvalue weighted by molar-refractivity contribution is 0.295. The van der Waals surface area contributed by atoms with Gasteiger partial charge in [-0.2, -0.15) is 0 Å². The van der Waals surface area contributed by atoms with Crippen LogP contribution < -0.4 is 0 Å². The summed E-state index contributed by atoms with van der Waals surface area (Å²) < 4.78 is 20.6. The Morgan fingerprint density at radius 3 is 1.69 bits per heavy atom. The lowest BCUT2D eigenvalue weighted by Gasteiger charge is -1.91. The molecule has 0 aliphatic heterocycles. The number of hydrogen-bond acceptors (Lipinski definition) is 4. The second-order valence-electron chi connectivity index (χ2n) is 2.47. The van der Waals surface area contributed by atoms with Crippen LogP contribution in [0.25, 0.3) is 0 Å². The molecule has 0 amide bonds. The molecule has 0 aromatic heterocycles. The molecular weight excluding hydrogens is 260 g/mol. The Kier molecular flexibility index (Phi) is 12.7. The van der Waals surface area contributed by atoms with Gasteiger partial charge in [-0.15, -0.1) is 0 Å². The van der Waals surface area contributed by atoms with E-state index in [1.807, 2.05) is 0 Å². The van der Waals surface area contributed by atoms with Gasteiger partial charge in [0.15, 0.2) is 0 Å². The quantitative estimate of drug-likeness (QED) is 0.703. The maximum atomic E-state index is 10.3. The van der Waals surface area contributed by atoms with Gasteiger partial charge in [0.05, 0.1) is 5.75 Å². The maximum Gasteiger partial charge on any atom is 0.147 e. The van der Waals surface area contributed by atoms with Crippen molar-refractivity contribution in [2.75, 3.05) is 30.6 Å². The first-order valence-electron chi connectivity index (χ1n) is 3.93. The molecular formula is C7H17BrO4S. The van der Waals surface area contributed by atoms with E-state index in [9.17, 15) is 8.42 Å². The minimum Gasteiger partial charge on any atom is -0.396 e. The van der Waals surface area contributed by atoms with E-state index in [0.29, 0.717) is 13.0 Å². The third-order valence-electron chi connectivity index (χ3n) is 0.965. The molecule has 0 bridgehead atoms. The molecule has 0 aliphatic rings. The van der Waals surface area contributed by atoms with E-state index in [4.69, 9.17) is 10.2 Å². The largest absolute Gasteiger partial charge is 0.396 e.